The van der Waals surface area contributed by atoms with Gasteiger partial charge in [-0.15, -0.1) is 0 Å². The topological polar surface area (TPSA) is 52.6 Å². The van der Waals surface area contributed by atoms with Crippen LogP contribution in [0.15, 0.2) is 0 Å². The fourth-order valence-electron chi connectivity index (χ4n) is 0.656. The zero-order valence-corrected chi connectivity index (χ0v) is 8.26. The van der Waals surface area contributed by atoms with Gasteiger partial charge in [0.05, 0.1) is 18.6 Å². The second kappa shape index (κ2) is 7.67. The van der Waals surface area contributed by atoms with Crippen molar-refractivity contribution in [3.8, 4) is 0 Å². The number of thiocarbonyl (C=S) groups is 1. The van der Waals surface area contributed by atoms with E-state index in [4.69, 9.17) is 0 Å². The molecule has 0 aliphatic heterocycles. The van der Waals surface area contributed by atoms with Crippen molar-refractivity contribution < 1.29 is 19.1 Å². The highest BCUT2D eigenvalue weighted by atomic mass is 32.1. The van der Waals surface area contributed by atoms with Gasteiger partial charge in [0.25, 0.3) is 0 Å². The van der Waals surface area contributed by atoms with Gasteiger partial charge in [0.1, 0.15) is 0 Å². The SMILES string of the molecule is CCOC(=O)CCCOC(=O)C=S. The summed E-state index contributed by atoms with van der Waals surface area (Å²) in [6.07, 6.45) is 0.728. The summed E-state index contributed by atoms with van der Waals surface area (Å²) in [5.74, 6) is -0.820. The van der Waals surface area contributed by atoms with Crippen molar-refractivity contribution in [2.45, 2.75) is 19.8 Å². The molecule has 0 aromatic carbocycles. The van der Waals surface area contributed by atoms with E-state index in [0.717, 1.165) is 5.37 Å². The highest BCUT2D eigenvalue weighted by molar-refractivity contribution is 7.80. The van der Waals surface area contributed by atoms with Crippen molar-refractivity contribution in [2.24, 2.45) is 0 Å². The van der Waals surface area contributed by atoms with Gasteiger partial charge in [-0.1, -0.05) is 12.2 Å². The lowest BCUT2D eigenvalue weighted by Crippen LogP contribution is -2.09. The van der Waals surface area contributed by atoms with Crippen LogP contribution in [0.5, 0.6) is 0 Å². The molecule has 0 fully saturated rings. The summed E-state index contributed by atoms with van der Waals surface area (Å²) >= 11 is 4.33. The first-order valence-electron chi connectivity index (χ1n) is 3.98. The van der Waals surface area contributed by atoms with E-state index in [1.165, 1.54) is 0 Å². The molecule has 0 aliphatic rings. The Bertz CT molecular complexity index is 191. The van der Waals surface area contributed by atoms with Crippen LogP contribution >= 0.6 is 12.2 Å². The molecular weight excluding hydrogens is 192 g/mol. The van der Waals surface area contributed by atoms with Crippen LogP contribution in [0.2, 0.25) is 0 Å². The summed E-state index contributed by atoms with van der Waals surface area (Å²) in [7, 11) is 0. The number of hydrogen-bond acceptors (Lipinski definition) is 5. The van der Waals surface area contributed by atoms with E-state index in [2.05, 4.69) is 21.7 Å². The first kappa shape index (κ1) is 12.0. The number of ether oxygens (including phenoxy) is 2. The van der Waals surface area contributed by atoms with E-state index in [1.807, 2.05) is 0 Å². The van der Waals surface area contributed by atoms with Gasteiger partial charge < -0.3 is 9.47 Å². The Hall–Kier alpha value is -0.970. The Balaban J connectivity index is 3.30. The van der Waals surface area contributed by atoms with Crippen LogP contribution in [0.4, 0.5) is 0 Å². The molecule has 13 heavy (non-hydrogen) atoms. The molecule has 5 heteroatoms. The van der Waals surface area contributed by atoms with Gasteiger partial charge >= 0.3 is 11.9 Å². The van der Waals surface area contributed by atoms with E-state index in [-0.39, 0.29) is 19.0 Å². The average molecular weight is 204 g/mol. The van der Waals surface area contributed by atoms with Crippen LogP contribution in [-0.4, -0.2) is 30.5 Å². The highest BCUT2D eigenvalue weighted by Gasteiger charge is 2.02. The Labute approximate surface area is 82.2 Å². The smallest absolute Gasteiger partial charge is 0.341 e. The summed E-state index contributed by atoms with van der Waals surface area (Å²) in [5.41, 5.74) is 0. The molecule has 0 saturated carbocycles. The monoisotopic (exact) mass is 204 g/mol. The van der Waals surface area contributed by atoms with E-state index >= 15 is 0 Å². The lowest BCUT2D eigenvalue weighted by molar-refractivity contribution is -0.144. The van der Waals surface area contributed by atoms with Gasteiger partial charge in [-0.2, -0.15) is 0 Å². The van der Waals surface area contributed by atoms with Crippen molar-refractivity contribution in [3.63, 3.8) is 0 Å². The third kappa shape index (κ3) is 7.39. The Morgan fingerprint density at radius 2 is 2.08 bits per heavy atom. The Morgan fingerprint density at radius 1 is 1.38 bits per heavy atom. The molecule has 0 aromatic rings. The minimum atomic E-state index is -0.543. The fourth-order valence-corrected chi connectivity index (χ4v) is 0.724. The summed E-state index contributed by atoms with van der Waals surface area (Å²) < 4.78 is 9.28. The molecule has 0 unspecified atom stereocenters. The molecule has 0 N–H and O–H groups in total. The number of carbonyl (C=O) groups is 2. The lowest BCUT2D eigenvalue weighted by atomic mass is 10.3. The van der Waals surface area contributed by atoms with E-state index in [9.17, 15) is 9.59 Å². The van der Waals surface area contributed by atoms with Crippen molar-refractivity contribution >= 4 is 29.5 Å². The lowest BCUT2D eigenvalue weighted by Gasteiger charge is -2.01. The summed E-state index contributed by atoms with van der Waals surface area (Å²) in [4.78, 5) is 21.3. The highest BCUT2D eigenvalue weighted by Crippen LogP contribution is 1.93. The van der Waals surface area contributed by atoms with E-state index < -0.39 is 5.97 Å². The summed E-state index contributed by atoms with van der Waals surface area (Å²) in [6, 6.07) is 0. The molecule has 0 aliphatic carbocycles. The standard InChI is InChI=1S/C8H12O4S/c1-2-11-7(9)4-3-5-12-8(10)6-13/h6H,2-5H2,1H3. The van der Waals surface area contributed by atoms with Crippen LogP contribution in [0.25, 0.3) is 0 Å². The number of hydrogen-bond donors (Lipinski definition) is 0. The van der Waals surface area contributed by atoms with Crippen molar-refractivity contribution in [1.29, 1.82) is 0 Å². The molecule has 0 radical (unpaired) electrons. The fraction of sp³-hybridized carbons (Fsp3) is 0.625. The largest absolute Gasteiger partial charge is 0.466 e. The first-order chi connectivity index (χ1) is 6.20. The maximum Gasteiger partial charge on any atom is 0.341 e. The number of carbonyl (C=O) groups excluding carboxylic acids is 2. The molecule has 0 spiro atoms. The van der Waals surface area contributed by atoms with Gasteiger partial charge in [-0.05, 0) is 13.3 Å². The molecule has 0 heterocycles. The quantitative estimate of drug-likeness (QED) is 0.365. The maximum absolute atomic E-state index is 10.8. The second-order valence-electron chi connectivity index (χ2n) is 2.19. The molecule has 74 valence electrons. The average Bonchev–Trinajstić information content (AvgIpc) is 2.12. The predicted molar refractivity (Wildman–Crippen MR) is 50.5 cm³/mol. The van der Waals surface area contributed by atoms with Gasteiger partial charge in [-0.3, -0.25) is 4.79 Å². The third-order valence-corrected chi connectivity index (χ3v) is 1.36. The van der Waals surface area contributed by atoms with Crippen LogP contribution in [0.3, 0.4) is 0 Å². The van der Waals surface area contributed by atoms with Crippen molar-refractivity contribution in [3.05, 3.63) is 0 Å². The van der Waals surface area contributed by atoms with Gasteiger partial charge in [0.2, 0.25) is 0 Å². The maximum atomic E-state index is 10.8. The van der Waals surface area contributed by atoms with Gasteiger partial charge in [0, 0.05) is 6.42 Å². The molecule has 0 rings (SSSR count). The minimum absolute atomic E-state index is 0.199. The second-order valence-corrected chi connectivity index (χ2v) is 2.43. The normalized spacial score (nSPS) is 9.00. The van der Waals surface area contributed by atoms with Crippen molar-refractivity contribution in [2.75, 3.05) is 13.2 Å². The van der Waals surface area contributed by atoms with Crippen LogP contribution in [0, 0.1) is 0 Å². The molecule has 4 nitrogen and oxygen atoms in total. The summed E-state index contributed by atoms with van der Waals surface area (Å²) in [6.45, 7) is 2.31. The molecular formula is C8H12O4S. The molecule has 0 aromatic heterocycles. The Kier molecular flexibility index (Phi) is 7.10. The minimum Gasteiger partial charge on any atom is -0.466 e. The van der Waals surface area contributed by atoms with Crippen molar-refractivity contribution in [1.82, 2.24) is 0 Å². The Morgan fingerprint density at radius 3 is 2.62 bits per heavy atom. The van der Waals surface area contributed by atoms with Gasteiger partial charge in [0.15, 0.2) is 0 Å². The van der Waals surface area contributed by atoms with Crippen LogP contribution < -0.4 is 0 Å². The van der Waals surface area contributed by atoms with Crippen LogP contribution in [0.1, 0.15) is 19.8 Å². The zero-order chi connectivity index (χ0) is 10.1. The number of esters is 2. The van der Waals surface area contributed by atoms with Crippen LogP contribution in [-0.2, 0) is 19.1 Å². The molecule has 0 atom stereocenters. The van der Waals surface area contributed by atoms with E-state index in [1.54, 1.807) is 6.92 Å². The number of rotatable bonds is 6. The molecule has 0 saturated heterocycles. The molecule has 0 bridgehead atoms. The van der Waals surface area contributed by atoms with Gasteiger partial charge in [-0.25, -0.2) is 4.79 Å². The zero-order valence-electron chi connectivity index (χ0n) is 7.45. The summed E-state index contributed by atoms with van der Waals surface area (Å²) in [5, 5.41) is 0.921. The third-order valence-electron chi connectivity index (χ3n) is 1.17. The first-order valence-corrected chi connectivity index (χ1v) is 4.45. The van der Waals surface area contributed by atoms with E-state index in [0.29, 0.717) is 13.0 Å². The molecule has 0 amide bonds. The predicted octanol–water partition coefficient (Wildman–Crippen LogP) is 0.873.